The molecular formula is C19H14Cl2N4O2. The van der Waals surface area contributed by atoms with Gasteiger partial charge in [-0.05, 0) is 43.3 Å². The number of furan rings is 1. The van der Waals surface area contributed by atoms with Gasteiger partial charge in [0.15, 0.2) is 5.65 Å². The third kappa shape index (κ3) is 3.41. The number of nitrogens with one attached hydrogen (secondary N) is 1. The number of anilines is 1. The third-order valence-corrected chi connectivity index (χ3v) is 4.64. The van der Waals surface area contributed by atoms with Gasteiger partial charge in [0.05, 0.1) is 28.1 Å². The van der Waals surface area contributed by atoms with E-state index in [1.54, 1.807) is 35.3 Å². The normalized spacial score (nSPS) is 11.1. The van der Waals surface area contributed by atoms with Crippen LogP contribution in [-0.4, -0.2) is 20.7 Å². The zero-order chi connectivity index (χ0) is 19.0. The second-order valence-electron chi connectivity index (χ2n) is 5.95. The van der Waals surface area contributed by atoms with E-state index in [-0.39, 0.29) is 12.5 Å². The second-order valence-corrected chi connectivity index (χ2v) is 6.79. The Bertz CT molecular complexity index is 1140. The average molecular weight is 401 g/mol. The number of pyridine rings is 1. The minimum absolute atomic E-state index is 0.00208. The predicted molar refractivity (Wildman–Crippen MR) is 105 cm³/mol. The highest BCUT2D eigenvalue weighted by molar-refractivity contribution is 6.36. The monoisotopic (exact) mass is 400 g/mol. The van der Waals surface area contributed by atoms with E-state index in [1.807, 2.05) is 25.1 Å². The first-order valence-electron chi connectivity index (χ1n) is 8.14. The number of carbonyl (C=O) groups is 1. The minimum Gasteiger partial charge on any atom is -0.464 e. The Morgan fingerprint density at radius 2 is 2.11 bits per heavy atom. The summed E-state index contributed by atoms with van der Waals surface area (Å²) in [5.74, 6) is 0.455. The van der Waals surface area contributed by atoms with Crippen LogP contribution < -0.4 is 5.32 Å². The molecule has 136 valence electrons. The zero-order valence-electron chi connectivity index (χ0n) is 14.2. The summed E-state index contributed by atoms with van der Waals surface area (Å²) in [6.07, 6.45) is 3.29. The molecule has 1 aromatic carbocycles. The minimum atomic E-state index is -0.270. The molecule has 0 aliphatic carbocycles. The lowest BCUT2D eigenvalue weighted by molar-refractivity contribution is -0.116. The van der Waals surface area contributed by atoms with Crippen LogP contribution in [-0.2, 0) is 11.3 Å². The van der Waals surface area contributed by atoms with Crippen molar-refractivity contribution in [2.75, 3.05) is 5.32 Å². The van der Waals surface area contributed by atoms with Crippen molar-refractivity contribution in [2.45, 2.75) is 13.5 Å². The van der Waals surface area contributed by atoms with Crippen LogP contribution >= 0.6 is 23.2 Å². The van der Waals surface area contributed by atoms with E-state index in [0.717, 1.165) is 22.4 Å². The van der Waals surface area contributed by atoms with Gasteiger partial charge in [0.1, 0.15) is 12.3 Å². The maximum absolute atomic E-state index is 12.5. The smallest absolute Gasteiger partial charge is 0.246 e. The zero-order valence-corrected chi connectivity index (χ0v) is 15.8. The Hall–Kier alpha value is -2.83. The van der Waals surface area contributed by atoms with Gasteiger partial charge < -0.3 is 9.73 Å². The van der Waals surface area contributed by atoms with Crippen molar-refractivity contribution in [3.63, 3.8) is 0 Å². The quantitative estimate of drug-likeness (QED) is 0.526. The molecule has 27 heavy (non-hydrogen) atoms. The number of nitrogens with zero attached hydrogens (tertiary/aromatic N) is 3. The Morgan fingerprint density at radius 1 is 1.26 bits per heavy atom. The summed E-state index contributed by atoms with van der Waals surface area (Å²) in [5, 5.41) is 8.97. The number of benzene rings is 1. The fraction of sp³-hybridized carbons (Fsp3) is 0.105. The molecular weight excluding hydrogens is 387 g/mol. The van der Waals surface area contributed by atoms with Gasteiger partial charge in [0.2, 0.25) is 5.91 Å². The fourth-order valence-corrected chi connectivity index (χ4v) is 3.40. The third-order valence-electron chi connectivity index (χ3n) is 4.09. The molecule has 3 aromatic heterocycles. The van der Waals surface area contributed by atoms with Gasteiger partial charge in [-0.15, -0.1) is 0 Å². The highest BCUT2D eigenvalue weighted by atomic mass is 35.5. The van der Waals surface area contributed by atoms with E-state index in [2.05, 4.69) is 15.4 Å². The number of aromatic nitrogens is 3. The summed E-state index contributed by atoms with van der Waals surface area (Å²) in [6.45, 7) is 1.87. The van der Waals surface area contributed by atoms with Crippen LogP contribution in [0.3, 0.4) is 0 Å². The first kappa shape index (κ1) is 17.6. The molecule has 0 spiro atoms. The molecule has 0 aliphatic heterocycles. The molecule has 6 nitrogen and oxygen atoms in total. The van der Waals surface area contributed by atoms with Gasteiger partial charge in [0, 0.05) is 16.8 Å². The number of halogens is 2. The number of hydrogen-bond acceptors (Lipinski definition) is 4. The Morgan fingerprint density at radius 3 is 2.85 bits per heavy atom. The van der Waals surface area contributed by atoms with Gasteiger partial charge in [-0.3, -0.25) is 4.79 Å². The molecule has 0 atom stereocenters. The van der Waals surface area contributed by atoms with Gasteiger partial charge in [-0.1, -0.05) is 23.2 Å². The lowest BCUT2D eigenvalue weighted by Crippen LogP contribution is -2.20. The Labute approximate surface area is 164 Å². The molecule has 8 heteroatoms. The van der Waals surface area contributed by atoms with Crippen LogP contribution in [0.5, 0.6) is 0 Å². The molecule has 0 saturated heterocycles. The summed E-state index contributed by atoms with van der Waals surface area (Å²) in [7, 11) is 0. The van der Waals surface area contributed by atoms with Gasteiger partial charge in [0.25, 0.3) is 0 Å². The highest BCUT2D eigenvalue weighted by Crippen LogP contribution is 2.30. The summed E-state index contributed by atoms with van der Waals surface area (Å²) >= 11 is 12.0. The van der Waals surface area contributed by atoms with Crippen molar-refractivity contribution in [1.29, 1.82) is 0 Å². The van der Waals surface area contributed by atoms with Crippen molar-refractivity contribution in [3.8, 4) is 11.3 Å². The highest BCUT2D eigenvalue weighted by Gasteiger charge is 2.17. The second kappa shape index (κ2) is 7.06. The maximum atomic E-state index is 12.5. The lowest BCUT2D eigenvalue weighted by atomic mass is 10.1. The maximum Gasteiger partial charge on any atom is 0.246 e. The number of aryl methyl sites for hydroxylation is 1. The van der Waals surface area contributed by atoms with Crippen molar-refractivity contribution in [1.82, 2.24) is 14.8 Å². The van der Waals surface area contributed by atoms with E-state index in [0.29, 0.717) is 21.4 Å². The number of hydrogen-bond donors (Lipinski definition) is 1. The van der Waals surface area contributed by atoms with Gasteiger partial charge >= 0.3 is 0 Å². The number of rotatable bonds is 4. The molecule has 0 bridgehead atoms. The molecule has 4 aromatic rings. The van der Waals surface area contributed by atoms with Crippen LogP contribution in [0.25, 0.3) is 22.4 Å². The lowest BCUT2D eigenvalue weighted by Gasteiger charge is -2.08. The van der Waals surface area contributed by atoms with Gasteiger partial charge in [-0.2, -0.15) is 5.10 Å². The van der Waals surface area contributed by atoms with E-state index < -0.39 is 0 Å². The summed E-state index contributed by atoms with van der Waals surface area (Å²) in [6, 6.07) is 10.5. The van der Waals surface area contributed by atoms with Crippen molar-refractivity contribution < 1.29 is 9.21 Å². The topological polar surface area (TPSA) is 73.0 Å². The largest absolute Gasteiger partial charge is 0.464 e. The van der Waals surface area contributed by atoms with Crippen LogP contribution in [0.4, 0.5) is 5.69 Å². The van der Waals surface area contributed by atoms with Crippen molar-refractivity contribution in [2.24, 2.45) is 0 Å². The van der Waals surface area contributed by atoms with E-state index in [1.165, 1.54) is 0 Å². The van der Waals surface area contributed by atoms with Crippen LogP contribution in [0.2, 0.25) is 10.0 Å². The first-order chi connectivity index (χ1) is 13.0. The van der Waals surface area contributed by atoms with Crippen molar-refractivity contribution >= 4 is 45.8 Å². The predicted octanol–water partition coefficient (Wildman–Crippen LogP) is 4.95. The molecule has 4 rings (SSSR count). The molecule has 0 saturated carbocycles. The number of amides is 1. The molecule has 0 radical (unpaired) electrons. The van der Waals surface area contributed by atoms with Crippen molar-refractivity contribution in [3.05, 3.63) is 64.6 Å². The molecule has 0 fully saturated rings. The average Bonchev–Trinajstić information content (AvgIpc) is 3.27. The standard InChI is InChI=1S/C19H14Cl2N4O2/c1-11-18-13(16-3-2-8-27-16)6-7-22-19(18)25(24-11)10-17(26)23-15-5-4-12(20)9-14(15)21/h2-9H,10H2,1H3,(H,23,26). The van der Waals surface area contributed by atoms with Crippen LogP contribution in [0.1, 0.15) is 5.69 Å². The van der Waals surface area contributed by atoms with Crippen LogP contribution in [0.15, 0.2) is 53.3 Å². The molecule has 0 unspecified atom stereocenters. The van der Waals surface area contributed by atoms with E-state index >= 15 is 0 Å². The van der Waals surface area contributed by atoms with Gasteiger partial charge in [-0.25, -0.2) is 9.67 Å². The first-order valence-corrected chi connectivity index (χ1v) is 8.89. The molecule has 1 N–H and O–H groups in total. The molecule has 1 amide bonds. The fourth-order valence-electron chi connectivity index (χ4n) is 2.95. The summed E-state index contributed by atoms with van der Waals surface area (Å²) < 4.78 is 7.07. The SMILES string of the molecule is Cc1nn(CC(=O)Nc2ccc(Cl)cc2Cl)c2nccc(-c3ccco3)c12. The number of fused-ring (bicyclic) bond motifs is 1. The number of carbonyl (C=O) groups excluding carboxylic acids is 1. The van der Waals surface area contributed by atoms with E-state index in [4.69, 9.17) is 27.6 Å². The van der Waals surface area contributed by atoms with E-state index in [9.17, 15) is 4.79 Å². The summed E-state index contributed by atoms with van der Waals surface area (Å²) in [4.78, 5) is 16.9. The Kier molecular flexibility index (Phi) is 4.59. The molecule has 0 aliphatic rings. The summed E-state index contributed by atoms with van der Waals surface area (Å²) in [5.41, 5.74) is 2.75. The molecule has 3 heterocycles. The Balaban J connectivity index is 1.65. The van der Waals surface area contributed by atoms with Crippen LogP contribution in [0, 0.1) is 6.92 Å².